The number of benzene rings is 1. The van der Waals surface area contributed by atoms with E-state index in [2.05, 4.69) is 20.6 Å². The lowest BCUT2D eigenvalue weighted by molar-refractivity contribution is 0.102. The van der Waals surface area contributed by atoms with Crippen molar-refractivity contribution >= 4 is 29.1 Å². The SMILES string of the molecule is COc1cc(Cl)c(C)cc1NC(=O)c1cc(C)nc(NC(C)(C)C)n1. The maximum absolute atomic E-state index is 12.6. The first-order chi connectivity index (χ1) is 11.6. The van der Waals surface area contributed by atoms with Crippen molar-refractivity contribution in [2.45, 2.75) is 40.2 Å². The molecule has 0 unspecified atom stereocenters. The maximum atomic E-state index is 12.6. The second-order valence-electron chi connectivity index (χ2n) is 6.85. The molecule has 25 heavy (non-hydrogen) atoms. The molecule has 0 aliphatic heterocycles. The van der Waals surface area contributed by atoms with E-state index in [1.165, 1.54) is 7.11 Å². The molecule has 2 rings (SSSR count). The smallest absolute Gasteiger partial charge is 0.274 e. The summed E-state index contributed by atoms with van der Waals surface area (Å²) in [7, 11) is 1.52. The highest BCUT2D eigenvalue weighted by Gasteiger charge is 2.17. The Bertz CT molecular complexity index is 800. The maximum Gasteiger partial charge on any atom is 0.274 e. The average molecular weight is 363 g/mol. The molecule has 7 heteroatoms. The Balaban J connectivity index is 2.31. The first kappa shape index (κ1) is 19.0. The topological polar surface area (TPSA) is 76.1 Å². The van der Waals surface area contributed by atoms with Crippen molar-refractivity contribution in [2.24, 2.45) is 0 Å². The van der Waals surface area contributed by atoms with Gasteiger partial charge in [0.25, 0.3) is 5.91 Å². The molecule has 0 radical (unpaired) electrons. The summed E-state index contributed by atoms with van der Waals surface area (Å²) in [6, 6.07) is 5.07. The Labute approximate surface area is 153 Å². The van der Waals surface area contributed by atoms with E-state index < -0.39 is 0 Å². The zero-order valence-corrected chi connectivity index (χ0v) is 16.1. The van der Waals surface area contributed by atoms with Crippen molar-refractivity contribution in [3.05, 3.63) is 40.2 Å². The van der Waals surface area contributed by atoms with Crippen LogP contribution in [0.3, 0.4) is 0 Å². The molecular weight excluding hydrogens is 340 g/mol. The number of carbonyl (C=O) groups is 1. The van der Waals surface area contributed by atoms with Crippen LogP contribution in [-0.2, 0) is 0 Å². The van der Waals surface area contributed by atoms with Gasteiger partial charge in [0.15, 0.2) is 0 Å². The van der Waals surface area contributed by atoms with Crippen LogP contribution in [0.25, 0.3) is 0 Å². The Morgan fingerprint density at radius 1 is 1.16 bits per heavy atom. The molecule has 1 aromatic carbocycles. The molecule has 0 aliphatic carbocycles. The van der Waals surface area contributed by atoms with Crippen LogP contribution in [0.5, 0.6) is 5.75 Å². The van der Waals surface area contributed by atoms with Gasteiger partial charge in [0, 0.05) is 22.3 Å². The molecule has 1 heterocycles. The van der Waals surface area contributed by atoms with Crippen LogP contribution in [0, 0.1) is 13.8 Å². The molecule has 0 aliphatic rings. The number of nitrogens with one attached hydrogen (secondary N) is 2. The average Bonchev–Trinajstić information content (AvgIpc) is 2.48. The van der Waals surface area contributed by atoms with E-state index in [0.717, 1.165) is 5.56 Å². The van der Waals surface area contributed by atoms with Gasteiger partial charge in [-0.15, -0.1) is 0 Å². The summed E-state index contributed by atoms with van der Waals surface area (Å²) in [6.07, 6.45) is 0. The highest BCUT2D eigenvalue weighted by molar-refractivity contribution is 6.31. The Morgan fingerprint density at radius 2 is 1.84 bits per heavy atom. The van der Waals surface area contributed by atoms with Crippen molar-refractivity contribution in [1.82, 2.24) is 9.97 Å². The number of aryl methyl sites for hydroxylation is 2. The second-order valence-corrected chi connectivity index (χ2v) is 7.26. The second kappa shape index (κ2) is 7.27. The van der Waals surface area contributed by atoms with E-state index in [9.17, 15) is 4.79 Å². The Kier molecular flexibility index (Phi) is 5.52. The van der Waals surface area contributed by atoms with Gasteiger partial charge in [-0.05, 0) is 52.3 Å². The molecule has 134 valence electrons. The van der Waals surface area contributed by atoms with Crippen LogP contribution in [-0.4, -0.2) is 28.5 Å². The largest absolute Gasteiger partial charge is 0.495 e. The lowest BCUT2D eigenvalue weighted by Gasteiger charge is -2.21. The quantitative estimate of drug-likeness (QED) is 0.851. The molecule has 1 amide bonds. The van der Waals surface area contributed by atoms with E-state index in [0.29, 0.717) is 28.1 Å². The molecular formula is C18H23ClN4O2. The molecule has 0 saturated heterocycles. The van der Waals surface area contributed by atoms with E-state index in [4.69, 9.17) is 16.3 Å². The lowest BCUT2D eigenvalue weighted by atomic mass is 10.1. The number of hydrogen-bond acceptors (Lipinski definition) is 5. The van der Waals surface area contributed by atoms with Crippen molar-refractivity contribution in [3.8, 4) is 5.75 Å². The minimum atomic E-state index is -0.345. The summed E-state index contributed by atoms with van der Waals surface area (Å²) < 4.78 is 5.29. The molecule has 0 fully saturated rings. The summed E-state index contributed by atoms with van der Waals surface area (Å²) in [6.45, 7) is 9.68. The molecule has 6 nitrogen and oxygen atoms in total. The third-order valence-electron chi connectivity index (χ3n) is 3.30. The molecule has 0 bridgehead atoms. The van der Waals surface area contributed by atoms with Gasteiger partial charge in [0.1, 0.15) is 11.4 Å². The Morgan fingerprint density at radius 3 is 2.44 bits per heavy atom. The summed E-state index contributed by atoms with van der Waals surface area (Å²) in [4.78, 5) is 21.3. The summed E-state index contributed by atoms with van der Waals surface area (Å²) in [5.74, 6) is 0.558. The molecule has 0 atom stereocenters. The predicted octanol–water partition coefficient (Wildman–Crippen LogP) is 4.22. The van der Waals surface area contributed by atoms with Gasteiger partial charge in [0.2, 0.25) is 5.95 Å². The number of anilines is 2. The van der Waals surface area contributed by atoms with Gasteiger partial charge in [0.05, 0.1) is 12.8 Å². The fourth-order valence-corrected chi connectivity index (χ4v) is 2.35. The van der Waals surface area contributed by atoms with Crippen molar-refractivity contribution < 1.29 is 9.53 Å². The fraction of sp³-hybridized carbons (Fsp3) is 0.389. The number of aromatic nitrogens is 2. The van der Waals surface area contributed by atoms with Crippen molar-refractivity contribution in [3.63, 3.8) is 0 Å². The van der Waals surface area contributed by atoms with Gasteiger partial charge in [-0.3, -0.25) is 4.79 Å². The molecule has 1 aromatic heterocycles. The first-order valence-corrected chi connectivity index (χ1v) is 8.26. The van der Waals surface area contributed by atoms with Crippen LogP contribution >= 0.6 is 11.6 Å². The Hall–Kier alpha value is -2.34. The number of rotatable bonds is 4. The molecule has 2 aromatic rings. The highest BCUT2D eigenvalue weighted by Crippen LogP contribution is 2.31. The number of halogens is 1. The zero-order valence-electron chi connectivity index (χ0n) is 15.3. The highest BCUT2D eigenvalue weighted by atomic mass is 35.5. The van der Waals surface area contributed by atoms with Gasteiger partial charge in [-0.25, -0.2) is 9.97 Å². The van der Waals surface area contributed by atoms with Gasteiger partial charge in [-0.1, -0.05) is 11.6 Å². The van der Waals surface area contributed by atoms with Crippen molar-refractivity contribution in [1.29, 1.82) is 0 Å². The summed E-state index contributed by atoms with van der Waals surface area (Å²) >= 11 is 6.10. The van der Waals surface area contributed by atoms with E-state index in [1.54, 1.807) is 18.2 Å². The van der Waals surface area contributed by atoms with Crippen LogP contribution in [0.15, 0.2) is 18.2 Å². The summed E-state index contributed by atoms with van der Waals surface area (Å²) in [5, 5.41) is 6.57. The first-order valence-electron chi connectivity index (χ1n) is 7.88. The van der Waals surface area contributed by atoms with Crippen LogP contribution in [0.4, 0.5) is 11.6 Å². The predicted molar refractivity (Wildman–Crippen MR) is 101 cm³/mol. The van der Waals surface area contributed by atoms with Gasteiger partial charge < -0.3 is 15.4 Å². The zero-order chi connectivity index (χ0) is 18.8. The van der Waals surface area contributed by atoms with E-state index in [-0.39, 0.29) is 17.1 Å². The number of amides is 1. The molecule has 0 spiro atoms. The number of nitrogens with zero attached hydrogens (tertiary/aromatic N) is 2. The molecule has 2 N–H and O–H groups in total. The number of carbonyl (C=O) groups excluding carboxylic acids is 1. The fourth-order valence-electron chi connectivity index (χ4n) is 2.19. The normalized spacial score (nSPS) is 11.2. The number of hydrogen-bond donors (Lipinski definition) is 2. The van der Waals surface area contributed by atoms with E-state index in [1.807, 2.05) is 34.6 Å². The summed E-state index contributed by atoms with van der Waals surface area (Å²) in [5.41, 5.74) is 2.14. The van der Waals surface area contributed by atoms with Gasteiger partial charge >= 0.3 is 0 Å². The van der Waals surface area contributed by atoms with Gasteiger partial charge in [-0.2, -0.15) is 0 Å². The third-order valence-corrected chi connectivity index (χ3v) is 3.71. The van der Waals surface area contributed by atoms with Crippen molar-refractivity contribution in [2.75, 3.05) is 17.7 Å². The minimum absolute atomic E-state index is 0.210. The monoisotopic (exact) mass is 362 g/mol. The number of methoxy groups -OCH3 is 1. The lowest BCUT2D eigenvalue weighted by Crippen LogP contribution is -2.28. The van der Waals surface area contributed by atoms with E-state index >= 15 is 0 Å². The third kappa shape index (κ3) is 5.06. The van der Waals surface area contributed by atoms with Crippen LogP contribution in [0.1, 0.15) is 42.5 Å². The minimum Gasteiger partial charge on any atom is -0.495 e. The number of ether oxygens (including phenoxy) is 1. The standard InChI is InChI=1S/C18H23ClN4O2/c1-10-7-13(15(25-6)9-12(10)19)21-16(24)14-8-11(2)20-17(22-14)23-18(3,4)5/h7-9H,1-6H3,(H,21,24)(H,20,22,23). The van der Waals surface area contributed by atoms with Crippen LogP contribution < -0.4 is 15.4 Å². The van der Waals surface area contributed by atoms with Crippen LogP contribution in [0.2, 0.25) is 5.02 Å². The molecule has 0 saturated carbocycles.